The fraction of sp³-hybridized carbons (Fsp3) is 0.333. The van der Waals surface area contributed by atoms with Crippen LogP contribution in [-0.4, -0.2) is 0 Å². The Balaban J connectivity index is 2.00. The molecule has 16 heavy (non-hydrogen) atoms. The molecule has 1 nitrogen and oxygen atoms in total. The predicted octanol–water partition coefficient (Wildman–Crippen LogP) is 3.64. The number of rotatable bonds is 3. The van der Waals surface area contributed by atoms with E-state index in [-0.39, 0.29) is 6.04 Å². The molecular weight excluding hydrogens is 194 g/mol. The minimum Gasteiger partial charge on any atom is -0.324 e. The largest absolute Gasteiger partial charge is 0.324 e. The lowest BCUT2D eigenvalue weighted by Crippen LogP contribution is -2.11. The summed E-state index contributed by atoms with van der Waals surface area (Å²) < 4.78 is 0. The van der Waals surface area contributed by atoms with Crippen LogP contribution in [0.3, 0.4) is 0 Å². The van der Waals surface area contributed by atoms with E-state index >= 15 is 0 Å². The first-order valence-electron chi connectivity index (χ1n) is 6.08. The van der Waals surface area contributed by atoms with Gasteiger partial charge in [0.05, 0.1) is 0 Å². The van der Waals surface area contributed by atoms with Crippen molar-refractivity contribution in [2.24, 2.45) is 11.7 Å². The highest BCUT2D eigenvalue weighted by atomic mass is 14.6. The summed E-state index contributed by atoms with van der Waals surface area (Å²) in [6.07, 6.45) is 3.89. The quantitative estimate of drug-likeness (QED) is 0.824. The maximum atomic E-state index is 6.30. The highest BCUT2D eigenvalue weighted by Crippen LogP contribution is 2.37. The van der Waals surface area contributed by atoms with Crippen molar-refractivity contribution in [2.75, 3.05) is 0 Å². The van der Waals surface area contributed by atoms with Crippen LogP contribution in [0.25, 0.3) is 10.8 Å². The minimum absolute atomic E-state index is 0.207. The van der Waals surface area contributed by atoms with Gasteiger partial charge in [-0.3, -0.25) is 0 Å². The highest BCUT2D eigenvalue weighted by molar-refractivity contribution is 5.86. The van der Waals surface area contributed by atoms with Crippen LogP contribution in [-0.2, 0) is 0 Å². The molecular formula is C15H17N. The van der Waals surface area contributed by atoms with Gasteiger partial charge in [-0.25, -0.2) is 0 Å². The van der Waals surface area contributed by atoms with Gasteiger partial charge in [0.2, 0.25) is 0 Å². The molecule has 1 aliphatic rings. The van der Waals surface area contributed by atoms with Gasteiger partial charge in [0.1, 0.15) is 0 Å². The molecule has 0 saturated heterocycles. The Morgan fingerprint density at radius 1 is 1.06 bits per heavy atom. The lowest BCUT2D eigenvalue weighted by Gasteiger charge is -2.14. The van der Waals surface area contributed by atoms with Crippen LogP contribution in [0.5, 0.6) is 0 Å². The molecule has 3 rings (SSSR count). The molecule has 2 N–H and O–H groups in total. The van der Waals surface area contributed by atoms with Gasteiger partial charge < -0.3 is 5.73 Å². The average molecular weight is 211 g/mol. The molecule has 0 heterocycles. The third-order valence-electron chi connectivity index (χ3n) is 3.51. The van der Waals surface area contributed by atoms with Crippen molar-refractivity contribution in [3.63, 3.8) is 0 Å². The summed E-state index contributed by atoms with van der Waals surface area (Å²) >= 11 is 0. The topological polar surface area (TPSA) is 26.0 Å². The van der Waals surface area contributed by atoms with Crippen LogP contribution in [0.4, 0.5) is 0 Å². The van der Waals surface area contributed by atoms with E-state index in [1.165, 1.54) is 29.2 Å². The molecule has 1 fully saturated rings. The van der Waals surface area contributed by atoms with E-state index < -0.39 is 0 Å². The van der Waals surface area contributed by atoms with Gasteiger partial charge in [-0.15, -0.1) is 0 Å². The van der Waals surface area contributed by atoms with Gasteiger partial charge >= 0.3 is 0 Å². The molecule has 1 aliphatic carbocycles. The summed E-state index contributed by atoms with van der Waals surface area (Å²) in [5.41, 5.74) is 7.61. The standard InChI is InChI=1S/C15H17N/c16-15(10-11-8-9-11)14-7-3-5-12-4-1-2-6-13(12)14/h1-7,11,15H,8-10,16H2/t15-/m0/s1. The van der Waals surface area contributed by atoms with E-state index in [0.29, 0.717) is 0 Å². The van der Waals surface area contributed by atoms with Crippen LogP contribution >= 0.6 is 0 Å². The Morgan fingerprint density at radius 3 is 2.62 bits per heavy atom. The van der Waals surface area contributed by atoms with Gasteiger partial charge in [-0.05, 0) is 28.7 Å². The number of hydrogen-bond acceptors (Lipinski definition) is 1. The zero-order chi connectivity index (χ0) is 11.0. The third kappa shape index (κ3) is 1.83. The Bertz CT molecular complexity index is 494. The smallest absolute Gasteiger partial charge is 0.0303 e. The highest BCUT2D eigenvalue weighted by Gasteiger charge is 2.24. The number of nitrogens with two attached hydrogens (primary N) is 1. The van der Waals surface area contributed by atoms with Crippen LogP contribution in [0, 0.1) is 5.92 Å². The number of hydrogen-bond donors (Lipinski definition) is 1. The fourth-order valence-electron chi connectivity index (χ4n) is 2.41. The zero-order valence-corrected chi connectivity index (χ0v) is 9.39. The van der Waals surface area contributed by atoms with Crippen molar-refractivity contribution in [1.82, 2.24) is 0 Å². The van der Waals surface area contributed by atoms with Crippen LogP contribution in [0.1, 0.15) is 30.9 Å². The van der Waals surface area contributed by atoms with Gasteiger partial charge in [-0.2, -0.15) is 0 Å². The number of benzene rings is 2. The first-order chi connectivity index (χ1) is 7.84. The molecule has 0 spiro atoms. The minimum atomic E-state index is 0.207. The van der Waals surface area contributed by atoms with Crippen LogP contribution in [0.2, 0.25) is 0 Å². The van der Waals surface area contributed by atoms with Gasteiger partial charge in [-0.1, -0.05) is 55.3 Å². The normalized spacial score (nSPS) is 17.6. The van der Waals surface area contributed by atoms with Gasteiger partial charge in [0.25, 0.3) is 0 Å². The van der Waals surface area contributed by atoms with Crippen molar-refractivity contribution in [1.29, 1.82) is 0 Å². The molecule has 0 radical (unpaired) electrons. The lowest BCUT2D eigenvalue weighted by molar-refractivity contribution is 0.600. The summed E-state index contributed by atoms with van der Waals surface area (Å²) in [5, 5.41) is 2.62. The van der Waals surface area contributed by atoms with E-state index in [1.54, 1.807) is 0 Å². The maximum absolute atomic E-state index is 6.30. The first kappa shape index (κ1) is 9.86. The van der Waals surface area contributed by atoms with E-state index in [9.17, 15) is 0 Å². The Kier molecular flexibility index (Phi) is 2.41. The molecule has 0 aromatic heterocycles. The molecule has 1 atom stereocenters. The number of fused-ring (bicyclic) bond motifs is 1. The zero-order valence-electron chi connectivity index (χ0n) is 9.39. The van der Waals surface area contributed by atoms with Gasteiger partial charge in [0, 0.05) is 6.04 Å². The van der Waals surface area contributed by atoms with Crippen molar-refractivity contribution in [2.45, 2.75) is 25.3 Å². The fourth-order valence-corrected chi connectivity index (χ4v) is 2.41. The Labute approximate surface area is 96.3 Å². The molecule has 1 saturated carbocycles. The second kappa shape index (κ2) is 3.91. The molecule has 82 valence electrons. The molecule has 2 aromatic rings. The summed E-state index contributed by atoms with van der Waals surface area (Å²) in [5.74, 6) is 0.883. The summed E-state index contributed by atoms with van der Waals surface area (Å²) in [6, 6.07) is 15.2. The molecule has 0 amide bonds. The molecule has 0 aliphatic heterocycles. The molecule has 0 bridgehead atoms. The SMILES string of the molecule is N[C@@H](CC1CC1)c1cccc2ccccc12. The average Bonchev–Trinajstić information content (AvgIpc) is 3.12. The third-order valence-corrected chi connectivity index (χ3v) is 3.51. The molecule has 1 heteroatoms. The lowest BCUT2D eigenvalue weighted by atomic mass is 9.96. The van der Waals surface area contributed by atoms with Gasteiger partial charge in [0.15, 0.2) is 0 Å². The van der Waals surface area contributed by atoms with Crippen LogP contribution in [0.15, 0.2) is 42.5 Å². The summed E-state index contributed by atoms with van der Waals surface area (Å²) in [4.78, 5) is 0. The van der Waals surface area contributed by atoms with E-state index in [4.69, 9.17) is 5.73 Å². The monoisotopic (exact) mass is 211 g/mol. The Hall–Kier alpha value is -1.34. The second-order valence-corrected chi connectivity index (χ2v) is 4.85. The second-order valence-electron chi connectivity index (χ2n) is 4.85. The van der Waals surface area contributed by atoms with Crippen molar-refractivity contribution in [3.8, 4) is 0 Å². The van der Waals surface area contributed by atoms with Crippen molar-refractivity contribution < 1.29 is 0 Å². The van der Waals surface area contributed by atoms with Crippen molar-refractivity contribution >= 4 is 10.8 Å². The predicted molar refractivity (Wildman–Crippen MR) is 68.2 cm³/mol. The van der Waals surface area contributed by atoms with E-state index in [2.05, 4.69) is 42.5 Å². The Morgan fingerprint density at radius 2 is 1.81 bits per heavy atom. The van der Waals surface area contributed by atoms with Crippen LogP contribution < -0.4 is 5.73 Å². The van der Waals surface area contributed by atoms with E-state index in [0.717, 1.165) is 12.3 Å². The first-order valence-corrected chi connectivity index (χ1v) is 6.08. The molecule has 2 aromatic carbocycles. The summed E-state index contributed by atoms with van der Waals surface area (Å²) in [7, 11) is 0. The van der Waals surface area contributed by atoms with Crippen molar-refractivity contribution in [3.05, 3.63) is 48.0 Å². The molecule has 0 unspecified atom stereocenters. The summed E-state index contributed by atoms with van der Waals surface area (Å²) in [6.45, 7) is 0. The maximum Gasteiger partial charge on any atom is 0.0303 e. The van der Waals surface area contributed by atoms with E-state index in [1.807, 2.05) is 0 Å².